The van der Waals surface area contributed by atoms with Gasteiger partial charge in [-0.25, -0.2) is 4.79 Å². The first-order valence-electron chi connectivity index (χ1n) is 5.42. The van der Waals surface area contributed by atoms with E-state index in [0.29, 0.717) is 4.99 Å². The topological polar surface area (TPSA) is 53.2 Å². The van der Waals surface area contributed by atoms with Crippen molar-refractivity contribution in [1.29, 1.82) is 0 Å². The minimum Gasteiger partial charge on any atom is -0.374 e. The van der Waals surface area contributed by atoms with E-state index in [4.69, 9.17) is 12.2 Å². The second kappa shape index (κ2) is 6.20. The summed E-state index contributed by atoms with van der Waals surface area (Å²) >= 11 is 5.26. The van der Waals surface area contributed by atoms with E-state index in [-0.39, 0.29) is 12.1 Å². The molecule has 0 saturated heterocycles. The molecule has 1 aromatic carbocycles. The summed E-state index contributed by atoms with van der Waals surface area (Å²) in [6.07, 6.45) is 0. The third-order valence-electron chi connectivity index (χ3n) is 2.03. The van der Waals surface area contributed by atoms with Gasteiger partial charge in [0.25, 0.3) is 0 Å². The zero-order valence-electron chi connectivity index (χ0n) is 10.2. The maximum absolute atomic E-state index is 11.2. The van der Waals surface area contributed by atoms with E-state index in [9.17, 15) is 4.79 Å². The molecule has 0 spiro atoms. The Hall–Kier alpha value is -1.62. The molecule has 2 amide bonds. The molecule has 0 bridgehead atoms. The Morgan fingerprint density at radius 2 is 2.06 bits per heavy atom. The third-order valence-corrected chi connectivity index (χ3v) is 2.38. The second-order valence-corrected chi connectivity index (χ2v) is 4.32. The van der Waals surface area contributed by atoms with E-state index < -0.39 is 0 Å². The number of carbonyl (C=O) groups is 1. The standard InChI is InChI=1S/C12H17N3OS/c1-8(2)14-11(17)9-5-4-6-10(7-9)15-12(16)13-3/h4-8H,1-3H3,(H,14,17)(H2,13,15,16). The lowest BCUT2D eigenvalue weighted by Gasteiger charge is -2.12. The highest BCUT2D eigenvalue weighted by Gasteiger charge is 2.04. The minimum atomic E-state index is -0.245. The Morgan fingerprint density at radius 3 is 2.65 bits per heavy atom. The summed E-state index contributed by atoms with van der Waals surface area (Å²) in [5.74, 6) is 0. The smallest absolute Gasteiger partial charge is 0.318 e. The van der Waals surface area contributed by atoms with Crippen molar-refractivity contribution in [1.82, 2.24) is 10.6 Å². The van der Waals surface area contributed by atoms with Crippen LogP contribution in [0.5, 0.6) is 0 Å². The van der Waals surface area contributed by atoms with Crippen molar-refractivity contribution in [3.05, 3.63) is 29.8 Å². The van der Waals surface area contributed by atoms with Gasteiger partial charge in [0.1, 0.15) is 4.99 Å². The first kappa shape index (κ1) is 13.4. The molecule has 17 heavy (non-hydrogen) atoms. The molecule has 5 heteroatoms. The van der Waals surface area contributed by atoms with Crippen LogP contribution in [0.3, 0.4) is 0 Å². The van der Waals surface area contributed by atoms with Crippen LogP contribution < -0.4 is 16.0 Å². The predicted octanol–water partition coefficient (Wildman–Crippen LogP) is 2.11. The molecular formula is C12H17N3OS. The van der Waals surface area contributed by atoms with Crippen molar-refractivity contribution >= 4 is 28.9 Å². The summed E-state index contributed by atoms with van der Waals surface area (Å²) in [5, 5.41) is 8.36. The summed E-state index contributed by atoms with van der Waals surface area (Å²) in [5.41, 5.74) is 1.61. The van der Waals surface area contributed by atoms with Crippen LogP contribution in [0, 0.1) is 0 Å². The summed E-state index contributed by atoms with van der Waals surface area (Å²) in [6.45, 7) is 4.05. The molecule has 0 fully saturated rings. The molecule has 0 aromatic heterocycles. The first-order valence-corrected chi connectivity index (χ1v) is 5.83. The van der Waals surface area contributed by atoms with Crippen LogP contribution in [0.2, 0.25) is 0 Å². The van der Waals surface area contributed by atoms with Gasteiger partial charge in [-0.1, -0.05) is 24.4 Å². The zero-order valence-corrected chi connectivity index (χ0v) is 11.0. The summed E-state index contributed by atoms with van der Waals surface area (Å²) in [6, 6.07) is 7.47. The fourth-order valence-electron chi connectivity index (χ4n) is 1.28. The van der Waals surface area contributed by atoms with Crippen molar-refractivity contribution in [2.45, 2.75) is 19.9 Å². The lowest BCUT2D eigenvalue weighted by Crippen LogP contribution is -2.29. The molecule has 1 rings (SSSR count). The van der Waals surface area contributed by atoms with Gasteiger partial charge in [0.15, 0.2) is 0 Å². The Kier molecular flexibility index (Phi) is 4.90. The highest BCUT2D eigenvalue weighted by atomic mass is 32.1. The molecule has 0 heterocycles. The Balaban J connectivity index is 2.78. The van der Waals surface area contributed by atoms with Gasteiger partial charge in [0, 0.05) is 24.3 Å². The second-order valence-electron chi connectivity index (χ2n) is 3.91. The SMILES string of the molecule is CNC(=O)Nc1cccc(C(=S)NC(C)C)c1. The average Bonchev–Trinajstić information content (AvgIpc) is 2.28. The van der Waals surface area contributed by atoms with E-state index in [1.807, 2.05) is 38.1 Å². The molecule has 0 unspecified atom stereocenters. The van der Waals surface area contributed by atoms with Crippen LogP contribution in [0.1, 0.15) is 19.4 Å². The Bertz CT molecular complexity index is 418. The van der Waals surface area contributed by atoms with Gasteiger partial charge < -0.3 is 16.0 Å². The van der Waals surface area contributed by atoms with Crippen LogP contribution in [-0.2, 0) is 0 Å². The molecule has 0 radical (unpaired) electrons. The number of hydrogen-bond acceptors (Lipinski definition) is 2. The van der Waals surface area contributed by atoms with Gasteiger partial charge in [-0.15, -0.1) is 0 Å². The summed E-state index contributed by atoms with van der Waals surface area (Å²) < 4.78 is 0. The average molecular weight is 251 g/mol. The van der Waals surface area contributed by atoms with E-state index in [1.165, 1.54) is 0 Å². The molecule has 4 nitrogen and oxygen atoms in total. The highest BCUT2D eigenvalue weighted by Crippen LogP contribution is 2.11. The lowest BCUT2D eigenvalue weighted by molar-refractivity contribution is 0.254. The third kappa shape index (κ3) is 4.40. The number of carbonyl (C=O) groups excluding carboxylic acids is 1. The van der Waals surface area contributed by atoms with Crippen LogP contribution in [0.4, 0.5) is 10.5 Å². The van der Waals surface area contributed by atoms with E-state index in [1.54, 1.807) is 7.05 Å². The first-order chi connectivity index (χ1) is 8.02. The number of nitrogens with one attached hydrogen (secondary N) is 3. The van der Waals surface area contributed by atoms with Gasteiger partial charge >= 0.3 is 6.03 Å². The number of thiocarbonyl (C=S) groups is 1. The number of benzene rings is 1. The van der Waals surface area contributed by atoms with Crippen molar-refractivity contribution in [3.8, 4) is 0 Å². The van der Waals surface area contributed by atoms with Crippen molar-refractivity contribution < 1.29 is 4.79 Å². The minimum absolute atomic E-state index is 0.245. The van der Waals surface area contributed by atoms with E-state index >= 15 is 0 Å². The lowest BCUT2D eigenvalue weighted by atomic mass is 10.2. The normalized spacial score (nSPS) is 9.88. The van der Waals surface area contributed by atoms with Crippen molar-refractivity contribution in [3.63, 3.8) is 0 Å². The summed E-state index contributed by atoms with van der Waals surface area (Å²) in [4.78, 5) is 11.9. The number of hydrogen-bond donors (Lipinski definition) is 3. The largest absolute Gasteiger partial charge is 0.374 e. The van der Waals surface area contributed by atoms with Crippen LogP contribution in [0.15, 0.2) is 24.3 Å². The van der Waals surface area contributed by atoms with Gasteiger partial charge in [-0.2, -0.15) is 0 Å². The van der Waals surface area contributed by atoms with Gasteiger partial charge in [-0.05, 0) is 26.0 Å². The van der Waals surface area contributed by atoms with Gasteiger partial charge in [0.2, 0.25) is 0 Å². The van der Waals surface area contributed by atoms with Crippen molar-refractivity contribution in [2.24, 2.45) is 0 Å². The fraction of sp³-hybridized carbons (Fsp3) is 0.333. The number of rotatable bonds is 3. The van der Waals surface area contributed by atoms with Gasteiger partial charge in [0.05, 0.1) is 0 Å². The maximum atomic E-state index is 11.2. The van der Waals surface area contributed by atoms with E-state index in [2.05, 4.69) is 16.0 Å². The van der Waals surface area contributed by atoms with E-state index in [0.717, 1.165) is 11.3 Å². The summed E-state index contributed by atoms with van der Waals surface area (Å²) in [7, 11) is 1.57. The Morgan fingerprint density at radius 1 is 1.35 bits per heavy atom. The van der Waals surface area contributed by atoms with Crippen LogP contribution in [0.25, 0.3) is 0 Å². The monoisotopic (exact) mass is 251 g/mol. The zero-order chi connectivity index (χ0) is 12.8. The molecule has 0 aliphatic rings. The van der Waals surface area contributed by atoms with Crippen LogP contribution in [-0.4, -0.2) is 24.1 Å². The molecule has 0 atom stereocenters. The molecular weight excluding hydrogens is 234 g/mol. The fourth-order valence-corrected chi connectivity index (χ4v) is 1.64. The number of urea groups is 1. The van der Waals surface area contributed by atoms with Gasteiger partial charge in [-0.3, -0.25) is 0 Å². The molecule has 3 N–H and O–H groups in total. The van der Waals surface area contributed by atoms with Crippen molar-refractivity contribution in [2.75, 3.05) is 12.4 Å². The molecule has 0 aliphatic heterocycles. The molecule has 0 aliphatic carbocycles. The molecule has 0 saturated carbocycles. The predicted molar refractivity (Wildman–Crippen MR) is 74.5 cm³/mol. The number of anilines is 1. The Labute approximate surface area is 107 Å². The highest BCUT2D eigenvalue weighted by molar-refractivity contribution is 7.80. The number of amides is 2. The van der Waals surface area contributed by atoms with Crippen LogP contribution >= 0.6 is 12.2 Å². The molecule has 92 valence electrons. The maximum Gasteiger partial charge on any atom is 0.318 e. The molecule has 1 aromatic rings. The quantitative estimate of drug-likeness (QED) is 0.721.